The third-order valence-corrected chi connectivity index (χ3v) is 10.2. The maximum atomic E-state index is 13.9. The van der Waals surface area contributed by atoms with Crippen LogP contribution >= 0.6 is 46.3 Å². The normalized spacial score (nSPS) is 11.7. The van der Waals surface area contributed by atoms with Crippen LogP contribution < -0.4 is 20.7 Å². The predicted molar refractivity (Wildman–Crippen MR) is 216 cm³/mol. The Morgan fingerprint density at radius 1 is 0.849 bits per heavy atom. The molecule has 0 aliphatic heterocycles. The molecule has 0 spiro atoms. The van der Waals surface area contributed by atoms with Crippen molar-refractivity contribution in [1.29, 1.82) is 0 Å². The number of nitrogens with zero attached hydrogens (tertiary/aromatic N) is 1. The van der Waals surface area contributed by atoms with Gasteiger partial charge in [-0.1, -0.05) is 96.0 Å². The molecule has 53 heavy (non-hydrogen) atoms. The highest BCUT2D eigenvalue weighted by Gasteiger charge is 2.24. The van der Waals surface area contributed by atoms with Gasteiger partial charge in [0.1, 0.15) is 16.7 Å². The lowest BCUT2D eigenvalue weighted by atomic mass is 10.1. The number of hydrogen-bond acceptors (Lipinski definition) is 7. The maximum absolute atomic E-state index is 13.9. The van der Waals surface area contributed by atoms with E-state index >= 15 is 0 Å². The van der Waals surface area contributed by atoms with Gasteiger partial charge in [-0.2, -0.15) is 0 Å². The van der Waals surface area contributed by atoms with Crippen LogP contribution in [-0.2, 0) is 9.59 Å². The summed E-state index contributed by atoms with van der Waals surface area (Å²) in [4.78, 5) is 46.2. The van der Waals surface area contributed by atoms with E-state index in [-0.39, 0.29) is 11.6 Å². The molecule has 0 bridgehead atoms. The third-order valence-electron chi connectivity index (χ3n) is 7.68. The minimum Gasteiger partial charge on any atom is -0.493 e. The highest BCUT2D eigenvalue weighted by atomic mass is 35.5. The Balaban J connectivity index is 1.23. The van der Waals surface area contributed by atoms with Gasteiger partial charge in [-0.3, -0.25) is 14.4 Å². The molecule has 0 aliphatic rings. The van der Waals surface area contributed by atoms with Crippen LogP contribution in [0.2, 0.25) is 10.0 Å². The van der Waals surface area contributed by atoms with E-state index < -0.39 is 17.1 Å². The molecule has 1 aromatic heterocycles. The molecule has 0 aliphatic carbocycles. The van der Waals surface area contributed by atoms with Crippen LogP contribution in [0.1, 0.15) is 33.7 Å². The smallest absolute Gasteiger partial charge is 0.272 e. The lowest BCUT2D eigenvalue weighted by Gasteiger charge is -2.17. The van der Waals surface area contributed by atoms with Crippen LogP contribution in [0.4, 0.5) is 10.8 Å². The molecule has 5 aromatic carbocycles. The number of carbonyl (C=O) groups excluding carboxylic acids is 3. The van der Waals surface area contributed by atoms with Gasteiger partial charge >= 0.3 is 0 Å². The predicted octanol–water partition coefficient (Wildman–Crippen LogP) is 10.4. The summed E-state index contributed by atoms with van der Waals surface area (Å²) in [6.07, 6.45) is 1.58. The first-order chi connectivity index (χ1) is 25.8. The minimum absolute atomic E-state index is 0.0216. The van der Waals surface area contributed by atoms with Crippen molar-refractivity contribution in [2.75, 3.05) is 17.2 Å². The fraction of sp³-hybridized carbons (Fsp3) is 0.0732. The molecule has 3 N–H and O–H groups in total. The average molecular weight is 780 g/mol. The van der Waals surface area contributed by atoms with Gasteiger partial charge in [0.25, 0.3) is 11.8 Å². The molecule has 1 atom stereocenters. The van der Waals surface area contributed by atoms with Crippen molar-refractivity contribution in [3.05, 3.63) is 165 Å². The number of halogens is 2. The van der Waals surface area contributed by atoms with Gasteiger partial charge in [-0.05, 0) is 73.2 Å². The highest BCUT2D eigenvalue weighted by Crippen LogP contribution is 2.38. The van der Waals surface area contributed by atoms with Crippen LogP contribution in [0.5, 0.6) is 5.75 Å². The number of nitrogens with one attached hydrogen (secondary N) is 3. The summed E-state index contributed by atoms with van der Waals surface area (Å²) in [5.74, 6) is -0.688. The van der Waals surface area contributed by atoms with E-state index in [0.717, 1.165) is 10.5 Å². The number of aromatic nitrogens is 1. The van der Waals surface area contributed by atoms with Crippen LogP contribution in [0.3, 0.4) is 0 Å². The molecule has 0 saturated carbocycles. The quantitative estimate of drug-likeness (QED) is 0.0796. The van der Waals surface area contributed by atoms with Gasteiger partial charge in [-0.15, -0.1) is 23.1 Å². The number of para-hydroxylation sites is 1. The molecule has 0 saturated heterocycles. The lowest BCUT2D eigenvalue weighted by molar-refractivity contribution is -0.116. The Hall–Kier alpha value is -5.39. The second-order valence-corrected chi connectivity index (χ2v) is 14.3. The van der Waals surface area contributed by atoms with E-state index in [1.165, 1.54) is 23.1 Å². The second kappa shape index (κ2) is 17.9. The van der Waals surface area contributed by atoms with Crippen molar-refractivity contribution in [2.45, 2.75) is 17.1 Å². The molecule has 3 amide bonds. The summed E-state index contributed by atoms with van der Waals surface area (Å²) in [6.45, 7) is 2.30. The zero-order valence-corrected chi connectivity index (χ0v) is 31.4. The van der Waals surface area contributed by atoms with E-state index in [1.807, 2.05) is 66.9 Å². The number of benzene rings is 5. The molecular weight excluding hydrogens is 748 g/mol. The fourth-order valence-electron chi connectivity index (χ4n) is 5.19. The number of hydrogen-bond donors (Lipinski definition) is 3. The van der Waals surface area contributed by atoms with E-state index in [9.17, 15) is 14.4 Å². The Bertz CT molecular complexity index is 2270. The van der Waals surface area contributed by atoms with Crippen molar-refractivity contribution in [3.8, 4) is 17.0 Å². The largest absolute Gasteiger partial charge is 0.493 e. The third kappa shape index (κ3) is 9.94. The average Bonchev–Trinajstić information content (AvgIpc) is 3.63. The number of ether oxygens (including phenoxy) is 1. The first-order valence-corrected chi connectivity index (χ1v) is 18.9. The topological polar surface area (TPSA) is 109 Å². The molecule has 8 nitrogen and oxygen atoms in total. The fourth-order valence-corrected chi connectivity index (χ4v) is 7.49. The van der Waals surface area contributed by atoms with E-state index in [0.29, 0.717) is 55.6 Å². The Morgan fingerprint density at radius 2 is 1.58 bits per heavy atom. The Kier molecular flexibility index (Phi) is 12.6. The first kappa shape index (κ1) is 37.4. The van der Waals surface area contributed by atoms with Crippen molar-refractivity contribution >= 4 is 80.9 Å². The van der Waals surface area contributed by atoms with Gasteiger partial charge in [0.2, 0.25) is 5.91 Å². The van der Waals surface area contributed by atoms with Crippen molar-refractivity contribution < 1.29 is 19.1 Å². The van der Waals surface area contributed by atoms with E-state index in [1.54, 1.807) is 78.9 Å². The molecule has 266 valence electrons. The number of amides is 3. The summed E-state index contributed by atoms with van der Waals surface area (Å²) in [5.41, 5.74) is 3.62. The monoisotopic (exact) mass is 778 g/mol. The SMILES string of the molecule is CCOc1ccccc1/C=C(/NC(=O)c1ccccc1)C(=O)Nc1cccc(SC(C(=O)Nc2nc(-c3ccc(Cl)cc3Cl)cs2)c2ccccc2)c1. The minimum atomic E-state index is -0.663. The number of rotatable bonds is 13. The lowest BCUT2D eigenvalue weighted by Crippen LogP contribution is -2.30. The standard InChI is InChI=1S/C41H32Cl2N4O4S2/c1-2-51-36-19-10-9-16-28(36)22-34(45-38(48)27-14-7-4-8-15-27)39(49)44-30-17-11-18-31(24-30)53-37(26-12-5-3-6-13-26)40(50)47-41-46-35(25-52-41)32-21-20-29(42)23-33(32)43/h3-25,37H,2H2,1H3,(H,44,49)(H,45,48)(H,46,47,50)/b34-22+. The van der Waals surface area contributed by atoms with Gasteiger partial charge in [0.05, 0.1) is 17.3 Å². The van der Waals surface area contributed by atoms with Crippen LogP contribution in [0.15, 0.2) is 143 Å². The molecule has 6 aromatic rings. The molecule has 0 fully saturated rings. The van der Waals surface area contributed by atoms with E-state index in [4.69, 9.17) is 27.9 Å². The zero-order valence-electron chi connectivity index (χ0n) is 28.2. The first-order valence-electron chi connectivity index (χ1n) is 16.4. The van der Waals surface area contributed by atoms with Gasteiger partial charge in [-0.25, -0.2) is 4.98 Å². The van der Waals surface area contributed by atoms with Crippen molar-refractivity contribution in [3.63, 3.8) is 0 Å². The number of carbonyl (C=O) groups is 3. The van der Waals surface area contributed by atoms with Crippen LogP contribution in [0, 0.1) is 0 Å². The number of thioether (sulfide) groups is 1. The van der Waals surface area contributed by atoms with Gasteiger partial charge in [0.15, 0.2) is 5.13 Å². The number of thiazole rings is 1. The zero-order chi connectivity index (χ0) is 37.2. The van der Waals surface area contributed by atoms with Crippen LogP contribution in [-0.4, -0.2) is 29.3 Å². The van der Waals surface area contributed by atoms with Gasteiger partial charge < -0.3 is 20.7 Å². The molecular formula is C41H32Cl2N4O4S2. The molecule has 12 heteroatoms. The molecule has 1 heterocycles. The molecule has 6 rings (SSSR count). The second-order valence-electron chi connectivity index (χ2n) is 11.4. The number of anilines is 2. The Morgan fingerprint density at radius 3 is 2.34 bits per heavy atom. The van der Waals surface area contributed by atoms with Crippen molar-refractivity contribution in [1.82, 2.24) is 10.3 Å². The summed E-state index contributed by atoms with van der Waals surface area (Å²) < 4.78 is 5.76. The summed E-state index contributed by atoms with van der Waals surface area (Å²) in [7, 11) is 0. The van der Waals surface area contributed by atoms with E-state index in [2.05, 4.69) is 20.9 Å². The summed E-state index contributed by atoms with van der Waals surface area (Å²) in [5, 5.41) is 11.2. The summed E-state index contributed by atoms with van der Waals surface area (Å²) >= 11 is 15.1. The molecule has 0 radical (unpaired) electrons. The highest BCUT2D eigenvalue weighted by molar-refractivity contribution is 8.00. The summed E-state index contributed by atoms with van der Waals surface area (Å²) in [6, 6.07) is 37.6. The van der Waals surface area contributed by atoms with Crippen molar-refractivity contribution in [2.24, 2.45) is 0 Å². The van der Waals surface area contributed by atoms with Crippen LogP contribution in [0.25, 0.3) is 17.3 Å². The molecule has 1 unspecified atom stereocenters. The van der Waals surface area contributed by atoms with Gasteiger partial charge in [0, 0.05) is 37.7 Å². The Labute approximate surface area is 325 Å². The maximum Gasteiger partial charge on any atom is 0.272 e.